The minimum atomic E-state index is -0.542. The number of methoxy groups -OCH3 is 1. The van der Waals surface area contributed by atoms with Crippen LogP contribution in [0.1, 0.15) is 39.7 Å². The Kier molecular flexibility index (Phi) is 7.73. The minimum absolute atomic E-state index is 0.117. The molecule has 1 N–H and O–H groups in total. The number of amides is 1. The van der Waals surface area contributed by atoms with Crippen molar-refractivity contribution in [1.82, 2.24) is 5.32 Å². The van der Waals surface area contributed by atoms with Crippen LogP contribution in [0.4, 0.5) is 0 Å². The van der Waals surface area contributed by atoms with Gasteiger partial charge in [-0.1, -0.05) is 39.8 Å². The second-order valence-corrected chi connectivity index (χ2v) is 7.60. The second kappa shape index (κ2) is 10.0. The molecule has 0 heterocycles. The number of nitrogens with one attached hydrogen (secondary N) is 1. The highest BCUT2D eigenvalue weighted by atomic mass is 16.5. The van der Waals surface area contributed by atoms with Gasteiger partial charge in [0.15, 0.2) is 6.10 Å². The number of benzene rings is 2. The van der Waals surface area contributed by atoms with Crippen LogP contribution in [-0.2, 0) is 10.2 Å². The van der Waals surface area contributed by atoms with E-state index in [4.69, 9.17) is 14.2 Å². The molecule has 152 valence electrons. The van der Waals surface area contributed by atoms with E-state index in [1.807, 2.05) is 19.1 Å². The molecule has 1 amide bonds. The van der Waals surface area contributed by atoms with Gasteiger partial charge in [-0.15, -0.1) is 0 Å². The largest absolute Gasteiger partial charge is 0.497 e. The number of carbonyl (C=O) groups excluding carboxylic acids is 1. The summed E-state index contributed by atoms with van der Waals surface area (Å²) in [6, 6.07) is 15.3. The van der Waals surface area contributed by atoms with Crippen molar-refractivity contribution < 1.29 is 19.0 Å². The van der Waals surface area contributed by atoms with E-state index in [9.17, 15) is 4.79 Å². The molecule has 0 aliphatic rings. The van der Waals surface area contributed by atoms with Crippen molar-refractivity contribution in [1.29, 1.82) is 0 Å². The number of carbonyl (C=O) groups is 1. The van der Waals surface area contributed by atoms with Gasteiger partial charge < -0.3 is 19.5 Å². The van der Waals surface area contributed by atoms with Crippen molar-refractivity contribution in [2.24, 2.45) is 0 Å². The molecule has 0 aromatic heterocycles. The molecule has 0 aliphatic carbocycles. The highest BCUT2D eigenvalue weighted by Crippen LogP contribution is 2.24. The van der Waals surface area contributed by atoms with Gasteiger partial charge in [-0.2, -0.15) is 0 Å². The predicted octanol–water partition coefficient (Wildman–Crippen LogP) is 4.35. The molecule has 5 nitrogen and oxygen atoms in total. The van der Waals surface area contributed by atoms with E-state index in [1.54, 1.807) is 31.4 Å². The maximum atomic E-state index is 12.4. The van der Waals surface area contributed by atoms with Crippen molar-refractivity contribution in [3.05, 3.63) is 54.1 Å². The summed E-state index contributed by atoms with van der Waals surface area (Å²) in [4.78, 5) is 12.4. The van der Waals surface area contributed by atoms with Crippen LogP contribution in [0.5, 0.6) is 17.2 Å². The van der Waals surface area contributed by atoms with E-state index >= 15 is 0 Å². The van der Waals surface area contributed by atoms with Gasteiger partial charge in [0.05, 0.1) is 13.7 Å². The number of hydrogen-bond donors (Lipinski definition) is 1. The Morgan fingerprint density at radius 3 is 2.07 bits per heavy atom. The smallest absolute Gasteiger partial charge is 0.261 e. The zero-order valence-corrected chi connectivity index (χ0v) is 17.5. The highest BCUT2D eigenvalue weighted by Gasteiger charge is 2.18. The quantitative estimate of drug-likeness (QED) is 0.652. The molecule has 0 bridgehead atoms. The van der Waals surface area contributed by atoms with Crippen LogP contribution >= 0.6 is 0 Å². The molecule has 0 saturated carbocycles. The van der Waals surface area contributed by atoms with Crippen LogP contribution in [0, 0.1) is 0 Å². The first-order valence-electron chi connectivity index (χ1n) is 9.65. The number of ether oxygens (including phenoxy) is 3. The van der Waals surface area contributed by atoms with Crippen molar-refractivity contribution in [3.63, 3.8) is 0 Å². The Labute approximate surface area is 168 Å². The Hall–Kier alpha value is -2.69. The Bertz CT molecular complexity index is 733. The highest BCUT2D eigenvalue weighted by molar-refractivity contribution is 5.81. The molecule has 2 aromatic carbocycles. The zero-order chi connectivity index (χ0) is 20.6. The first kappa shape index (κ1) is 21.6. The molecule has 1 unspecified atom stereocenters. The fourth-order valence-corrected chi connectivity index (χ4v) is 2.65. The van der Waals surface area contributed by atoms with E-state index in [1.165, 1.54) is 5.56 Å². The fraction of sp³-hybridized carbons (Fsp3) is 0.435. The maximum absolute atomic E-state index is 12.4. The van der Waals surface area contributed by atoms with Crippen LogP contribution in [0.3, 0.4) is 0 Å². The van der Waals surface area contributed by atoms with Gasteiger partial charge in [0.25, 0.3) is 5.91 Å². The van der Waals surface area contributed by atoms with Gasteiger partial charge in [-0.3, -0.25) is 4.79 Å². The summed E-state index contributed by atoms with van der Waals surface area (Å²) in [7, 11) is 1.61. The average molecular weight is 386 g/mol. The molecule has 2 rings (SSSR count). The molecule has 28 heavy (non-hydrogen) atoms. The third kappa shape index (κ3) is 6.48. The summed E-state index contributed by atoms with van der Waals surface area (Å²) in [6.45, 7) is 9.27. The van der Waals surface area contributed by atoms with Crippen LogP contribution in [0.25, 0.3) is 0 Å². The summed E-state index contributed by atoms with van der Waals surface area (Å²) in [5, 5.41) is 2.87. The molecule has 0 aliphatic heterocycles. The standard InChI is InChI=1S/C23H31NO4/c1-6-21(28-20-13-11-18(26-5)12-14-20)22(25)24-15-16-27-19-9-7-17(8-10-19)23(2,3)4/h7-14,21H,6,15-16H2,1-5H3,(H,24,25). The first-order valence-corrected chi connectivity index (χ1v) is 9.65. The molecule has 5 heteroatoms. The molecule has 1 atom stereocenters. The SMILES string of the molecule is CCC(Oc1ccc(OC)cc1)C(=O)NCCOc1ccc(C(C)(C)C)cc1. The Morgan fingerprint density at radius 2 is 1.54 bits per heavy atom. The van der Waals surface area contributed by atoms with Crippen LogP contribution in [0.2, 0.25) is 0 Å². The van der Waals surface area contributed by atoms with Crippen molar-refractivity contribution in [3.8, 4) is 17.2 Å². The molecule has 0 saturated heterocycles. The Balaban J connectivity index is 1.76. The Morgan fingerprint density at radius 1 is 0.964 bits per heavy atom. The fourth-order valence-electron chi connectivity index (χ4n) is 2.65. The molecular formula is C23H31NO4. The van der Waals surface area contributed by atoms with E-state index < -0.39 is 6.10 Å². The van der Waals surface area contributed by atoms with Gasteiger partial charge >= 0.3 is 0 Å². The summed E-state index contributed by atoms with van der Waals surface area (Å²) in [6.07, 6.45) is 0.0342. The van der Waals surface area contributed by atoms with Crippen molar-refractivity contribution in [2.45, 2.75) is 45.6 Å². The van der Waals surface area contributed by atoms with E-state index in [0.717, 1.165) is 11.5 Å². The lowest BCUT2D eigenvalue weighted by Crippen LogP contribution is -2.39. The van der Waals surface area contributed by atoms with Crippen molar-refractivity contribution in [2.75, 3.05) is 20.3 Å². The van der Waals surface area contributed by atoms with E-state index in [0.29, 0.717) is 25.3 Å². The second-order valence-electron chi connectivity index (χ2n) is 7.60. The first-order chi connectivity index (χ1) is 13.3. The summed E-state index contributed by atoms with van der Waals surface area (Å²) >= 11 is 0. The summed E-state index contributed by atoms with van der Waals surface area (Å²) in [5.74, 6) is 2.03. The van der Waals surface area contributed by atoms with Crippen LogP contribution in [0.15, 0.2) is 48.5 Å². The normalized spacial score (nSPS) is 12.2. The minimum Gasteiger partial charge on any atom is -0.497 e. The topological polar surface area (TPSA) is 56.8 Å². The molecule has 0 spiro atoms. The maximum Gasteiger partial charge on any atom is 0.261 e. The van der Waals surface area contributed by atoms with Gasteiger partial charge in [-0.05, 0) is 53.8 Å². The van der Waals surface area contributed by atoms with E-state index in [-0.39, 0.29) is 11.3 Å². The summed E-state index contributed by atoms with van der Waals surface area (Å²) < 4.78 is 16.6. The third-order valence-corrected chi connectivity index (χ3v) is 4.39. The average Bonchev–Trinajstić information content (AvgIpc) is 2.69. The van der Waals surface area contributed by atoms with E-state index in [2.05, 4.69) is 38.2 Å². The van der Waals surface area contributed by atoms with Crippen LogP contribution in [-0.4, -0.2) is 32.3 Å². The van der Waals surface area contributed by atoms with Gasteiger partial charge in [0.2, 0.25) is 0 Å². The zero-order valence-electron chi connectivity index (χ0n) is 17.5. The molecule has 0 fully saturated rings. The monoisotopic (exact) mass is 385 g/mol. The molecular weight excluding hydrogens is 354 g/mol. The molecule has 0 radical (unpaired) electrons. The lowest BCUT2D eigenvalue weighted by atomic mass is 9.87. The van der Waals surface area contributed by atoms with Crippen molar-refractivity contribution >= 4 is 5.91 Å². The molecule has 2 aromatic rings. The van der Waals surface area contributed by atoms with Gasteiger partial charge in [-0.25, -0.2) is 0 Å². The third-order valence-electron chi connectivity index (χ3n) is 4.39. The lowest BCUT2D eigenvalue weighted by molar-refractivity contribution is -0.128. The van der Waals surface area contributed by atoms with Crippen LogP contribution < -0.4 is 19.5 Å². The predicted molar refractivity (Wildman–Crippen MR) is 111 cm³/mol. The number of hydrogen-bond acceptors (Lipinski definition) is 4. The number of rotatable bonds is 9. The van der Waals surface area contributed by atoms with Gasteiger partial charge in [0, 0.05) is 0 Å². The van der Waals surface area contributed by atoms with Gasteiger partial charge in [0.1, 0.15) is 23.9 Å². The summed E-state index contributed by atoms with van der Waals surface area (Å²) in [5.41, 5.74) is 1.38. The lowest BCUT2D eigenvalue weighted by Gasteiger charge is -2.19.